The number of methoxy groups -OCH3 is 1. The third-order valence-electron chi connectivity index (χ3n) is 13.6. The molecule has 0 aliphatic heterocycles. The van der Waals surface area contributed by atoms with E-state index in [1.165, 1.54) is 5.57 Å². The van der Waals surface area contributed by atoms with Crippen LogP contribution < -0.4 is 11.1 Å². The highest BCUT2D eigenvalue weighted by Gasteiger charge is 2.72. The summed E-state index contributed by atoms with van der Waals surface area (Å²) in [5.41, 5.74) is 6.51. The molecule has 5 aliphatic carbocycles. The number of hydrogen-bond acceptors (Lipinski definition) is 4. The summed E-state index contributed by atoms with van der Waals surface area (Å²) in [7, 11) is 1.56. The van der Waals surface area contributed by atoms with E-state index in [4.69, 9.17) is 10.5 Å². The van der Waals surface area contributed by atoms with E-state index in [1.54, 1.807) is 13.3 Å². The minimum absolute atomic E-state index is 0.00878. The number of hydrogen-bond donors (Lipinski definition) is 2. The number of urea groups is 1. The summed E-state index contributed by atoms with van der Waals surface area (Å²) in [5.74, 6) is 1.95. The second-order valence-corrected chi connectivity index (χ2v) is 15.2. The Kier molecular flexibility index (Phi) is 6.52. The van der Waals surface area contributed by atoms with E-state index in [0.717, 1.165) is 51.4 Å². The van der Waals surface area contributed by atoms with Crippen LogP contribution >= 0.6 is 0 Å². The molecule has 0 aromatic carbocycles. The number of Topliss-reactive ketones (excluding diaryl/α,β-unsaturated/α-hetero) is 1. The van der Waals surface area contributed by atoms with Gasteiger partial charge < -0.3 is 15.8 Å². The predicted octanol–water partition coefficient (Wildman–Crippen LogP) is 6.55. The lowest BCUT2D eigenvalue weighted by Gasteiger charge is -2.72. The van der Waals surface area contributed by atoms with Crippen LogP contribution in [0.2, 0.25) is 0 Å². The Balaban J connectivity index is 1.57. The van der Waals surface area contributed by atoms with Gasteiger partial charge in [0.25, 0.3) is 0 Å². The van der Waals surface area contributed by atoms with Crippen LogP contribution in [0.1, 0.15) is 99.3 Å². The number of carbonyl (C=O) groups is 3. The molecular formula is C33H50N2O4. The van der Waals surface area contributed by atoms with E-state index < -0.39 is 11.4 Å². The van der Waals surface area contributed by atoms with Gasteiger partial charge in [-0.2, -0.15) is 0 Å². The molecule has 5 aliphatic rings. The van der Waals surface area contributed by atoms with Gasteiger partial charge in [0.2, 0.25) is 0 Å². The highest BCUT2D eigenvalue weighted by Crippen LogP contribution is 2.77. The first kappa shape index (κ1) is 28.4. The van der Waals surface area contributed by atoms with Crippen molar-refractivity contribution in [2.45, 2.75) is 99.3 Å². The first-order valence-corrected chi connectivity index (χ1v) is 15.1. The minimum Gasteiger partial charge on any atom is -0.469 e. The SMILES string of the molecule is C=C(C)[C@@H]1CC[C@]2(C(=O)OC)CC[C@]3(C)[C@H](CC[C@@H]4[C@@]5(C)C/C(=C\NC(N)=O)C(=O)C(C)(C)[C@@H]5CC[C@]43C)[C@@H]12. The largest absolute Gasteiger partial charge is 0.469 e. The first-order chi connectivity index (χ1) is 18.1. The Morgan fingerprint density at radius 2 is 1.67 bits per heavy atom. The van der Waals surface area contributed by atoms with Crippen LogP contribution in [-0.2, 0) is 14.3 Å². The molecular weight excluding hydrogens is 488 g/mol. The van der Waals surface area contributed by atoms with Gasteiger partial charge in [-0.3, -0.25) is 9.59 Å². The minimum atomic E-state index is -0.637. The molecule has 0 radical (unpaired) electrons. The van der Waals surface area contributed by atoms with Gasteiger partial charge in [0, 0.05) is 17.2 Å². The highest BCUT2D eigenvalue weighted by atomic mass is 16.5. The molecule has 0 aromatic rings. The molecule has 3 N–H and O–H groups in total. The summed E-state index contributed by atoms with van der Waals surface area (Å²) >= 11 is 0. The molecule has 0 unspecified atom stereocenters. The maximum atomic E-state index is 13.6. The van der Waals surface area contributed by atoms with Crippen molar-refractivity contribution in [3.8, 4) is 0 Å². The van der Waals surface area contributed by atoms with Gasteiger partial charge in [-0.05, 0) is 111 Å². The van der Waals surface area contributed by atoms with Crippen LogP contribution in [0, 0.1) is 56.7 Å². The summed E-state index contributed by atoms with van der Waals surface area (Å²) in [6.07, 6.45) is 10.4. The Morgan fingerprint density at radius 1 is 0.974 bits per heavy atom. The number of amides is 2. The van der Waals surface area contributed by atoms with E-state index in [2.05, 4.69) is 53.4 Å². The molecule has 0 saturated heterocycles. The average Bonchev–Trinajstić information content (AvgIpc) is 3.26. The van der Waals surface area contributed by atoms with E-state index in [9.17, 15) is 14.4 Å². The number of fused-ring (bicyclic) bond motifs is 7. The van der Waals surface area contributed by atoms with Gasteiger partial charge >= 0.3 is 12.0 Å². The highest BCUT2D eigenvalue weighted by molar-refractivity contribution is 6.01. The molecule has 0 spiro atoms. The molecule has 39 heavy (non-hydrogen) atoms. The van der Waals surface area contributed by atoms with E-state index in [0.29, 0.717) is 29.7 Å². The number of primary amides is 1. The van der Waals surface area contributed by atoms with E-state index >= 15 is 0 Å². The number of rotatable bonds is 3. The first-order valence-electron chi connectivity index (χ1n) is 15.1. The van der Waals surface area contributed by atoms with Gasteiger partial charge in [0.05, 0.1) is 12.5 Å². The molecule has 5 fully saturated rings. The number of nitrogens with one attached hydrogen (secondary N) is 1. The van der Waals surface area contributed by atoms with Gasteiger partial charge in [-0.15, -0.1) is 0 Å². The molecule has 2 amide bonds. The van der Waals surface area contributed by atoms with E-state index in [-0.39, 0.29) is 45.2 Å². The zero-order valence-corrected chi connectivity index (χ0v) is 25.2. The topological polar surface area (TPSA) is 98.5 Å². The number of allylic oxidation sites excluding steroid dienone is 2. The van der Waals surface area contributed by atoms with Crippen LogP contribution in [0.3, 0.4) is 0 Å². The standard InChI is InChI=1S/C33H50N2O4/c1-19(2)21-11-14-33(27(37)39-8)16-15-31(6)22(25(21)33)9-10-24-30(5)17-20(18-35-28(34)38)26(36)29(3,4)23(30)12-13-32(24,31)7/h18,21-25H,1,9-17H2,2-8H3,(H3,34,35,38)/b20-18+/t21-,22+,23-,24+,25+,30-,31+,32+,33-/m0/s1. The van der Waals surface area contributed by atoms with Crippen LogP contribution in [0.5, 0.6) is 0 Å². The van der Waals surface area contributed by atoms with Crippen molar-refractivity contribution < 1.29 is 19.1 Å². The second-order valence-electron chi connectivity index (χ2n) is 15.2. The molecule has 6 nitrogen and oxygen atoms in total. The fourth-order valence-corrected chi connectivity index (χ4v) is 11.8. The van der Waals surface area contributed by atoms with Crippen molar-refractivity contribution in [3.05, 3.63) is 23.9 Å². The Morgan fingerprint density at radius 3 is 2.28 bits per heavy atom. The van der Waals surface area contributed by atoms with Crippen molar-refractivity contribution in [2.75, 3.05) is 7.11 Å². The Hall–Kier alpha value is -2.11. The fourth-order valence-electron chi connectivity index (χ4n) is 11.8. The summed E-state index contributed by atoms with van der Waals surface area (Å²) < 4.78 is 5.49. The maximum Gasteiger partial charge on any atom is 0.316 e. The summed E-state index contributed by atoms with van der Waals surface area (Å²) in [6, 6.07) is -0.637. The second kappa shape index (κ2) is 8.94. The Bertz CT molecular complexity index is 1140. The Labute approximate surface area is 234 Å². The van der Waals surface area contributed by atoms with Crippen LogP contribution in [0.4, 0.5) is 4.79 Å². The monoisotopic (exact) mass is 538 g/mol. The van der Waals surface area contributed by atoms with Crippen LogP contribution in [-0.4, -0.2) is 24.9 Å². The third-order valence-corrected chi connectivity index (χ3v) is 13.6. The quantitative estimate of drug-likeness (QED) is 0.242. The van der Waals surface area contributed by atoms with Crippen molar-refractivity contribution >= 4 is 17.8 Å². The van der Waals surface area contributed by atoms with Crippen molar-refractivity contribution in [1.82, 2.24) is 5.32 Å². The van der Waals surface area contributed by atoms with Crippen molar-refractivity contribution in [3.63, 3.8) is 0 Å². The molecule has 9 atom stereocenters. The third kappa shape index (κ3) is 3.61. The lowest BCUT2D eigenvalue weighted by atomic mass is 9.32. The molecule has 6 heteroatoms. The lowest BCUT2D eigenvalue weighted by molar-refractivity contribution is -0.232. The number of carbonyl (C=O) groups excluding carboxylic acids is 3. The lowest BCUT2D eigenvalue weighted by Crippen LogP contribution is -2.67. The summed E-state index contributed by atoms with van der Waals surface area (Å²) in [4.78, 5) is 38.6. The predicted molar refractivity (Wildman–Crippen MR) is 152 cm³/mol. The number of ketones is 1. The van der Waals surface area contributed by atoms with Crippen LogP contribution in [0.25, 0.3) is 0 Å². The van der Waals surface area contributed by atoms with E-state index in [1.807, 2.05) is 0 Å². The molecule has 216 valence electrons. The normalized spacial score (nSPS) is 47.3. The number of nitrogens with two attached hydrogens (primary N) is 1. The van der Waals surface area contributed by atoms with Gasteiger partial charge in [0.15, 0.2) is 5.78 Å². The van der Waals surface area contributed by atoms with Crippen molar-refractivity contribution in [2.24, 2.45) is 62.4 Å². The molecule has 5 rings (SSSR count). The van der Waals surface area contributed by atoms with Crippen molar-refractivity contribution in [1.29, 1.82) is 0 Å². The zero-order valence-electron chi connectivity index (χ0n) is 25.2. The average molecular weight is 539 g/mol. The molecule has 5 saturated carbocycles. The zero-order chi connectivity index (χ0) is 28.8. The summed E-state index contributed by atoms with van der Waals surface area (Å²) in [6.45, 7) is 18.3. The molecule has 0 heterocycles. The summed E-state index contributed by atoms with van der Waals surface area (Å²) in [5, 5.41) is 2.60. The maximum absolute atomic E-state index is 13.6. The van der Waals surface area contributed by atoms with Gasteiger partial charge in [-0.25, -0.2) is 4.79 Å². The van der Waals surface area contributed by atoms with Gasteiger partial charge in [0.1, 0.15) is 0 Å². The smallest absolute Gasteiger partial charge is 0.316 e. The van der Waals surface area contributed by atoms with Crippen LogP contribution in [0.15, 0.2) is 23.9 Å². The number of ether oxygens (including phenoxy) is 1. The number of esters is 1. The molecule has 0 aromatic heterocycles. The fraction of sp³-hybridized carbons (Fsp3) is 0.788. The molecule has 0 bridgehead atoms. The van der Waals surface area contributed by atoms with Gasteiger partial charge in [-0.1, -0.05) is 46.8 Å².